The van der Waals surface area contributed by atoms with E-state index in [1.54, 1.807) is 0 Å². The van der Waals surface area contributed by atoms with Crippen LogP contribution in [0.25, 0.3) is 0 Å². The lowest BCUT2D eigenvalue weighted by atomic mass is 9.78. The predicted octanol–water partition coefficient (Wildman–Crippen LogP) is 6.25. The first-order valence-electron chi connectivity index (χ1n) is 9.72. The number of hydrogen-bond acceptors (Lipinski definition) is 2. The first-order valence-corrected chi connectivity index (χ1v) is 9.72. The van der Waals surface area contributed by atoms with E-state index in [2.05, 4.69) is 89.0 Å². The van der Waals surface area contributed by atoms with Gasteiger partial charge in [-0.3, -0.25) is 9.97 Å². The molecule has 0 spiro atoms. The van der Waals surface area contributed by atoms with Gasteiger partial charge in [0.25, 0.3) is 0 Å². The Labute approximate surface area is 163 Å². The van der Waals surface area contributed by atoms with E-state index >= 15 is 0 Å². The highest BCUT2D eigenvalue weighted by atomic mass is 14.7. The average molecular weight is 359 g/mol. The summed E-state index contributed by atoms with van der Waals surface area (Å²) in [7, 11) is 0. The normalized spacial score (nSPS) is 12.4. The zero-order valence-corrected chi connectivity index (χ0v) is 17.3. The lowest BCUT2D eigenvalue weighted by Crippen LogP contribution is -2.23. The Kier molecular flexibility index (Phi) is 5.19. The van der Waals surface area contributed by atoms with E-state index in [1.807, 2.05) is 24.5 Å². The van der Waals surface area contributed by atoms with Crippen LogP contribution in [0.3, 0.4) is 0 Å². The standard InChI is InChI=1S/C25H30N2/c1-18(2)19-10-12-20(13-11-19)24(3,4)23-15-14-21(17-27-23)25(5,6)22-9-7-8-16-26-22/h7-18H,1-6H3. The number of nitrogens with zero attached hydrogens (tertiary/aromatic N) is 2. The molecule has 0 atom stereocenters. The Hall–Kier alpha value is -2.48. The lowest BCUT2D eigenvalue weighted by molar-refractivity contribution is 0.594. The van der Waals surface area contributed by atoms with Crippen LogP contribution in [0.4, 0.5) is 0 Å². The molecule has 0 unspecified atom stereocenters. The van der Waals surface area contributed by atoms with Gasteiger partial charge in [0, 0.05) is 23.2 Å². The van der Waals surface area contributed by atoms with Crippen molar-refractivity contribution < 1.29 is 0 Å². The van der Waals surface area contributed by atoms with Crippen LogP contribution in [0.15, 0.2) is 67.0 Å². The van der Waals surface area contributed by atoms with E-state index in [0.717, 1.165) is 11.4 Å². The molecule has 0 saturated heterocycles. The van der Waals surface area contributed by atoms with E-state index in [0.29, 0.717) is 5.92 Å². The summed E-state index contributed by atoms with van der Waals surface area (Å²) in [6, 6.07) is 19.4. The molecule has 27 heavy (non-hydrogen) atoms. The van der Waals surface area contributed by atoms with Crippen molar-refractivity contribution in [3.05, 3.63) is 95.1 Å². The molecule has 0 bridgehead atoms. The summed E-state index contributed by atoms with van der Waals surface area (Å²) in [5.74, 6) is 0.549. The summed E-state index contributed by atoms with van der Waals surface area (Å²) in [5, 5.41) is 0. The Morgan fingerprint density at radius 1 is 0.667 bits per heavy atom. The van der Waals surface area contributed by atoms with Crippen molar-refractivity contribution in [2.45, 2.75) is 58.3 Å². The summed E-state index contributed by atoms with van der Waals surface area (Å²) in [6.45, 7) is 13.3. The van der Waals surface area contributed by atoms with Gasteiger partial charge in [0.15, 0.2) is 0 Å². The molecule has 0 fully saturated rings. The maximum atomic E-state index is 4.85. The van der Waals surface area contributed by atoms with Crippen LogP contribution in [0, 0.1) is 0 Å². The minimum atomic E-state index is -0.171. The van der Waals surface area contributed by atoms with Crippen molar-refractivity contribution in [1.82, 2.24) is 9.97 Å². The second-order valence-electron chi connectivity index (χ2n) is 8.67. The largest absolute Gasteiger partial charge is 0.260 e. The number of aromatic nitrogens is 2. The van der Waals surface area contributed by atoms with Gasteiger partial charge in [-0.25, -0.2) is 0 Å². The molecule has 2 aromatic heterocycles. The van der Waals surface area contributed by atoms with E-state index in [-0.39, 0.29) is 10.8 Å². The van der Waals surface area contributed by atoms with Crippen molar-refractivity contribution >= 4 is 0 Å². The first-order chi connectivity index (χ1) is 12.7. The van der Waals surface area contributed by atoms with Crippen LogP contribution in [0.2, 0.25) is 0 Å². The third-order valence-corrected chi connectivity index (χ3v) is 5.73. The summed E-state index contributed by atoms with van der Waals surface area (Å²) in [6.07, 6.45) is 3.86. The van der Waals surface area contributed by atoms with Crippen molar-refractivity contribution in [3.63, 3.8) is 0 Å². The molecule has 0 amide bonds. The molecular weight excluding hydrogens is 328 g/mol. The Morgan fingerprint density at radius 2 is 1.26 bits per heavy atom. The Bertz CT molecular complexity index is 874. The van der Waals surface area contributed by atoms with Gasteiger partial charge in [0.1, 0.15) is 0 Å². The van der Waals surface area contributed by atoms with Gasteiger partial charge >= 0.3 is 0 Å². The lowest BCUT2D eigenvalue weighted by Gasteiger charge is -2.28. The molecule has 2 nitrogen and oxygen atoms in total. The minimum Gasteiger partial charge on any atom is -0.260 e. The topological polar surface area (TPSA) is 25.8 Å². The predicted molar refractivity (Wildman–Crippen MR) is 113 cm³/mol. The Morgan fingerprint density at radius 3 is 1.78 bits per heavy atom. The molecule has 0 aliphatic rings. The van der Waals surface area contributed by atoms with E-state index in [1.165, 1.54) is 16.7 Å². The van der Waals surface area contributed by atoms with Crippen LogP contribution in [-0.2, 0) is 10.8 Å². The number of pyridine rings is 2. The van der Waals surface area contributed by atoms with E-state index in [4.69, 9.17) is 4.98 Å². The van der Waals surface area contributed by atoms with Crippen LogP contribution < -0.4 is 0 Å². The van der Waals surface area contributed by atoms with Gasteiger partial charge in [-0.1, -0.05) is 77.9 Å². The van der Waals surface area contributed by atoms with Gasteiger partial charge in [-0.05, 0) is 40.8 Å². The van der Waals surface area contributed by atoms with Gasteiger partial charge in [0.05, 0.1) is 11.4 Å². The summed E-state index contributed by atoms with van der Waals surface area (Å²) < 4.78 is 0. The zero-order valence-electron chi connectivity index (χ0n) is 17.3. The first kappa shape index (κ1) is 19.3. The van der Waals surface area contributed by atoms with Gasteiger partial charge < -0.3 is 0 Å². The summed E-state index contributed by atoms with van der Waals surface area (Å²) >= 11 is 0. The van der Waals surface area contributed by atoms with Gasteiger partial charge in [0.2, 0.25) is 0 Å². The van der Waals surface area contributed by atoms with Gasteiger partial charge in [-0.2, -0.15) is 0 Å². The molecule has 0 aliphatic carbocycles. The second kappa shape index (κ2) is 7.26. The fraction of sp³-hybridized carbons (Fsp3) is 0.360. The van der Waals surface area contributed by atoms with Crippen molar-refractivity contribution in [2.24, 2.45) is 0 Å². The molecule has 0 N–H and O–H groups in total. The number of rotatable bonds is 5. The fourth-order valence-corrected chi connectivity index (χ4v) is 3.45. The van der Waals surface area contributed by atoms with Crippen molar-refractivity contribution in [3.8, 4) is 0 Å². The molecule has 2 heterocycles. The highest BCUT2D eigenvalue weighted by molar-refractivity contribution is 5.39. The quantitative estimate of drug-likeness (QED) is 0.538. The second-order valence-corrected chi connectivity index (χ2v) is 8.67. The molecule has 140 valence electrons. The third kappa shape index (κ3) is 3.80. The van der Waals surface area contributed by atoms with Crippen molar-refractivity contribution in [2.75, 3.05) is 0 Å². The monoisotopic (exact) mass is 358 g/mol. The SMILES string of the molecule is CC(C)c1ccc(C(C)(C)c2ccc(C(C)(C)c3ccccn3)cn2)cc1. The minimum absolute atomic E-state index is 0.136. The molecule has 3 rings (SSSR count). The summed E-state index contributed by atoms with van der Waals surface area (Å²) in [5.41, 5.74) is 5.67. The van der Waals surface area contributed by atoms with E-state index < -0.39 is 0 Å². The molecule has 0 aliphatic heterocycles. The molecule has 0 radical (unpaired) electrons. The highest BCUT2D eigenvalue weighted by Crippen LogP contribution is 2.34. The van der Waals surface area contributed by atoms with Crippen LogP contribution in [-0.4, -0.2) is 9.97 Å². The van der Waals surface area contributed by atoms with Crippen LogP contribution in [0.5, 0.6) is 0 Å². The molecular formula is C25H30N2. The number of benzene rings is 1. The Balaban J connectivity index is 1.90. The molecule has 0 saturated carbocycles. The van der Waals surface area contributed by atoms with Gasteiger partial charge in [-0.15, -0.1) is 0 Å². The van der Waals surface area contributed by atoms with E-state index in [9.17, 15) is 0 Å². The molecule has 3 aromatic rings. The number of hydrogen-bond donors (Lipinski definition) is 0. The fourth-order valence-electron chi connectivity index (χ4n) is 3.45. The highest BCUT2D eigenvalue weighted by Gasteiger charge is 2.28. The van der Waals surface area contributed by atoms with Crippen LogP contribution >= 0.6 is 0 Å². The maximum absolute atomic E-state index is 4.85. The smallest absolute Gasteiger partial charge is 0.0504 e. The molecule has 2 heteroatoms. The van der Waals surface area contributed by atoms with Crippen molar-refractivity contribution in [1.29, 1.82) is 0 Å². The maximum Gasteiger partial charge on any atom is 0.0504 e. The summed E-state index contributed by atoms with van der Waals surface area (Å²) in [4.78, 5) is 9.39. The molecule has 1 aromatic carbocycles. The third-order valence-electron chi connectivity index (χ3n) is 5.73. The average Bonchev–Trinajstić information content (AvgIpc) is 2.69. The van der Waals surface area contributed by atoms with Crippen LogP contribution in [0.1, 0.15) is 75.5 Å². The zero-order chi connectivity index (χ0) is 19.7.